The number of fused-ring (bicyclic) bond motifs is 1. The Morgan fingerprint density at radius 3 is 2.34 bits per heavy atom. The predicted molar refractivity (Wildman–Crippen MR) is 117 cm³/mol. The second-order valence-electron chi connectivity index (χ2n) is 7.09. The molecule has 0 radical (unpaired) electrons. The van der Waals surface area contributed by atoms with Crippen LogP contribution in [0.5, 0.6) is 11.5 Å². The smallest absolute Gasteiger partial charge is 0.303 e. The summed E-state index contributed by atoms with van der Waals surface area (Å²) in [6.45, 7) is 2.08. The average molecular weight is 382 g/mol. The number of carbonyl (C=O) groups is 1. The maximum Gasteiger partial charge on any atom is 0.303 e. The van der Waals surface area contributed by atoms with Gasteiger partial charge in [-0.3, -0.25) is 4.79 Å². The van der Waals surface area contributed by atoms with Crippen molar-refractivity contribution in [2.45, 2.75) is 19.8 Å². The molecule has 144 valence electrons. The lowest BCUT2D eigenvalue weighted by Crippen LogP contribution is -1.95. The van der Waals surface area contributed by atoms with Gasteiger partial charge in [-0.25, -0.2) is 0 Å². The summed E-state index contributed by atoms with van der Waals surface area (Å²) in [5, 5.41) is 9.11. The van der Waals surface area contributed by atoms with Crippen LogP contribution in [0, 0.1) is 0 Å². The van der Waals surface area contributed by atoms with E-state index in [0.29, 0.717) is 6.42 Å². The lowest BCUT2D eigenvalue weighted by molar-refractivity contribution is -0.136. The van der Waals surface area contributed by atoms with Gasteiger partial charge in [0.15, 0.2) is 0 Å². The van der Waals surface area contributed by atoms with Crippen molar-refractivity contribution in [1.29, 1.82) is 0 Å². The van der Waals surface area contributed by atoms with Crippen molar-refractivity contribution in [2.24, 2.45) is 0 Å². The molecule has 1 aliphatic rings. The molecule has 3 aromatic carbocycles. The lowest BCUT2D eigenvalue weighted by atomic mass is 10.0. The summed E-state index contributed by atoms with van der Waals surface area (Å²) < 4.78 is 5.96. The van der Waals surface area contributed by atoms with Crippen molar-refractivity contribution in [2.75, 3.05) is 0 Å². The molecule has 0 fully saturated rings. The normalized spacial score (nSPS) is 14.2. The molecule has 4 rings (SSSR count). The maximum atomic E-state index is 11.1. The van der Waals surface area contributed by atoms with Gasteiger partial charge in [-0.2, -0.15) is 0 Å². The number of rotatable bonds is 6. The van der Waals surface area contributed by atoms with Gasteiger partial charge >= 0.3 is 5.97 Å². The summed E-state index contributed by atoms with van der Waals surface area (Å²) in [6, 6.07) is 25.9. The zero-order valence-electron chi connectivity index (χ0n) is 16.3. The lowest BCUT2D eigenvalue weighted by Gasteiger charge is -2.08. The van der Waals surface area contributed by atoms with E-state index in [9.17, 15) is 4.79 Å². The molecule has 0 unspecified atom stereocenters. The highest BCUT2D eigenvalue weighted by molar-refractivity contribution is 6.05. The van der Waals surface area contributed by atoms with Gasteiger partial charge in [-0.15, -0.1) is 0 Å². The second-order valence-corrected chi connectivity index (χ2v) is 7.09. The molecule has 0 heterocycles. The van der Waals surface area contributed by atoms with Crippen molar-refractivity contribution < 1.29 is 14.6 Å². The molecule has 0 saturated carbocycles. The van der Waals surface area contributed by atoms with E-state index < -0.39 is 5.97 Å². The summed E-state index contributed by atoms with van der Waals surface area (Å²) in [4.78, 5) is 11.1. The molecular weight excluding hydrogens is 360 g/mol. The van der Waals surface area contributed by atoms with E-state index in [1.807, 2.05) is 60.7 Å². The Hall–Kier alpha value is -3.59. The van der Waals surface area contributed by atoms with Crippen molar-refractivity contribution in [3.05, 3.63) is 101 Å². The van der Waals surface area contributed by atoms with Crippen molar-refractivity contribution in [1.82, 2.24) is 0 Å². The maximum absolute atomic E-state index is 11.1. The average Bonchev–Trinajstić information content (AvgIpc) is 2.99. The minimum absolute atomic E-state index is 0.134. The number of hydrogen-bond acceptors (Lipinski definition) is 2. The van der Waals surface area contributed by atoms with Gasteiger partial charge in [0, 0.05) is 6.42 Å². The Bertz CT molecular complexity index is 1110. The predicted octanol–water partition coefficient (Wildman–Crippen LogP) is 6.67. The fourth-order valence-electron chi connectivity index (χ4n) is 3.75. The Labute approximate surface area is 170 Å². The van der Waals surface area contributed by atoms with Crippen LogP contribution in [0.3, 0.4) is 0 Å². The molecule has 1 N–H and O–H groups in total. The van der Waals surface area contributed by atoms with Crippen LogP contribution in [0.2, 0.25) is 0 Å². The van der Waals surface area contributed by atoms with E-state index in [2.05, 4.69) is 31.2 Å². The van der Waals surface area contributed by atoms with Gasteiger partial charge in [0.05, 0.1) is 0 Å². The number of para-hydroxylation sites is 1. The van der Waals surface area contributed by atoms with Crippen LogP contribution in [0.1, 0.15) is 36.5 Å². The van der Waals surface area contributed by atoms with E-state index in [1.54, 1.807) is 0 Å². The van der Waals surface area contributed by atoms with Gasteiger partial charge in [0.1, 0.15) is 11.5 Å². The fourth-order valence-corrected chi connectivity index (χ4v) is 3.75. The third kappa shape index (κ3) is 4.14. The quantitative estimate of drug-likeness (QED) is 0.518. The second kappa shape index (κ2) is 8.19. The van der Waals surface area contributed by atoms with Crippen LogP contribution >= 0.6 is 0 Å². The monoisotopic (exact) mass is 382 g/mol. The van der Waals surface area contributed by atoms with Crippen LogP contribution in [0.15, 0.2) is 84.4 Å². The minimum atomic E-state index is -0.772. The third-order valence-corrected chi connectivity index (χ3v) is 5.14. The van der Waals surface area contributed by atoms with Gasteiger partial charge < -0.3 is 9.84 Å². The van der Waals surface area contributed by atoms with Gasteiger partial charge in [0.2, 0.25) is 0 Å². The van der Waals surface area contributed by atoms with Crippen LogP contribution < -0.4 is 4.74 Å². The molecular formula is C26H22O3. The zero-order valence-corrected chi connectivity index (χ0v) is 16.3. The number of carboxylic acids is 1. The van der Waals surface area contributed by atoms with E-state index in [4.69, 9.17) is 9.84 Å². The van der Waals surface area contributed by atoms with Crippen LogP contribution in [-0.2, 0) is 4.79 Å². The standard InChI is InChI=1S/C26H22O3/c1-18-22(14-15-26(27)28)23-12-5-6-13-24(23)25(18)17-19-8-7-11-21(16-19)29-20-9-3-2-4-10-20/h2-13,16-17H,14-15H2,1H3,(H,27,28)/b25-17+. The molecule has 0 aliphatic heterocycles. The Morgan fingerprint density at radius 1 is 0.897 bits per heavy atom. The zero-order chi connectivity index (χ0) is 20.2. The fraction of sp³-hybridized carbons (Fsp3) is 0.115. The molecule has 0 saturated heterocycles. The molecule has 0 aromatic heterocycles. The first-order chi connectivity index (χ1) is 14.1. The number of ether oxygens (including phenoxy) is 1. The largest absolute Gasteiger partial charge is 0.481 e. The summed E-state index contributed by atoms with van der Waals surface area (Å²) in [5.74, 6) is 0.811. The summed E-state index contributed by atoms with van der Waals surface area (Å²) in [5.41, 5.74) is 6.72. The molecule has 0 atom stereocenters. The van der Waals surface area contributed by atoms with Gasteiger partial charge in [-0.1, -0.05) is 54.6 Å². The highest BCUT2D eigenvalue weighted by atomic mass is 16.5. The number of allylic oxidation sites excluding steroid dienone is 3. The minimum Gasteiger partial charge on any atom is -0.481 e. The number of benzene rings is 3. The molecule has 3 aromatic rings. The Morgan fingerprint density at radius 2 is 1.59 bits per heavy atom. The van der Waals surface area contributed by atoms with Crippen molar-refractivity contribution in [3.63, 3.8) is 0 Å². The van der Waals surface area contributed by atoms with Crippen molar-refractivity contribution >= 4 is 23.2 Å². The van der Waals surface area contributed by atoms with E-state index >= 15 is 0 Å². The summed E-state index contributed by atoms with van der Waals surface area (Å²) in [7, 11) is 0. The molecule has 1 aliphatic carbocycles. The van der Waals surface area contributed by atoms with E-state index in [-0.39, 0.29) is 6.42 Å². The number of hydrogen-bond donors (Lipinski definition) is 1. The molecule has 0 spiro atoms. The van der Waals surface area contributed by atoms with Crippen molar-refractivity contribution in [3.8, 4) is 11.5 Å². The first-order valence-electron chi connectivity index (χ1n) is 9.68. The van der Waals surface area contributed by atoms with Gasteiger partial charge in [0.25, 0.3) is 0 Å². The Kier molecular flexibility index (Phi) is 5.30. The highest BCUT2D eigenvalue weighted by Gasteiger charge is 2.23. The summed E-state index contributed by atoms with van der Waals surface area (Å²) in [6.07, 6.45) is 2.82. The first kappa shape index (κ1) is 18.8. The molecule has 29 heavy (non-hydrogen) atoms. The molecule has 0 bridgehead atoms. The molecule has 0 amide bonds. The number of carboxylic acid groups (broad SMARTS) is 1. The Balaban J connectivity index is 1.68. The molecule has 3 heteroatoms. The summed E-state index contributed by atoms with van der Waals surface area (Å²) >= 11 is 0. The van der Waals surface area contributed by atoms with Crippen LogP contribution in [0.25, 0.3) is 17.2 Å². The van der Waals surface area contributed by atoms with Gasteiger partial charge in [-0.05, 0) is 77.1 Å². The van der Waals surface area contributed by atoms with E-state index in [0.717, 1.165) is 44.9 Å². The third-order valence-electron chi connectivity index (χ3n) is 5.14. The highest BCUT2D eigenvalue weighted by Crippen LogP contribution is 2.44. The first-order valence-corrected chi connectivity index (χ1v) is 9.68. The van der Waals surface area contributed by atoms with Crippen LogP contribution in [0.4, 0.5) is 0 Å². The van der Waals surface area contributed by atoms with Crippen LogP contribution in [-0.4, -0.2) is 11.1 Å². The SMILES string of the molecule is CC1=C(CCC(=O)O)c2ccccc2/C1=C/c1cccc(Oc2ccccc2)c1. The number of aliphatic carboxylic acids is 1. The molecule has 3 nitrogen and oxygen atoms in total. The van der Waals surface area contributed by atoms with E-state index in [1.165, 1.54) is 0 Å². The topological polar surface area (TPSA) is 46.5 Å².